The molecule has 0 aliphatic carbocycles. The fourth-order valence-corrected chi connectivity index (χ4v) is 4.26. The molecule has 0 radical (unpaired) electrons. The predicted molar refractivity (Wildman–Crippen MR) is 109 cm³/mol. The fraction of sp³-hybridized carbons (Fsp3) is 0.0476. The molecule has 4 nitrogen and oxygen atoms in total. The summed E-state index contributed by atoms with van der Waals surface area (Å²) in [5, 5.41) is 3.40. The minimum absolute atomic E-state index is 0.0486. The number of nitrogens with one attached hydrogen (secondary N) is 1. The second-order valence-electron chi connectivity index (χ2n) is 6.11. The third kappa shape index (κ3) is 3.44. The Labute approximate surface area is 166 Å². The maximum absolute atomic E-state index is 12.7. The van der Waals surface area contributed by atoms with Gasteiger partial charge in [0.25, 0.3) is 11.8 Å². The van der Waals surface area contributed by atoms with Gasteiger partial charge in [0, 0.05) is 33.1 Å². The Kier molecular flexibility index (Phi) is 4.64. The molecule has 3 aromatic rings. The number of anilines is 2. The molecule has 134 valence electrons. The molecule has 0 spiro atoms. The smallest absolute Gasteiger partial charge is 0.259 e. The van der Waals surface area contributed by atoms with Crippen LogP contribution in [0.15, 0.2) is 76.5 Å². The van der Waals surface area contributed by atoms with E-state index < -0.39 is 0 Å². The lowest BCUT2D eigenvalue weighted by atomic mass is 10.2. The van der Waals surface area contributed by atoms with E-state index in [1.165, 1.54) is 11.8 Å². The van der Waals surface area contributed by atoms with Gasteiger partial charge in [-0.1, -0.05) is 41.6 Å². The highest BCUT2D eigenvalue weighted by Gasteiger charge is 2.24. The molecular formula is C21H15ClN2O2S. The minimum Gasteiger partial charge on any atom is -0.322 e. The van der Waals surface area contributed by atoms with Gasteiger partial charge in [0.1, 0.15) is 0 Å². The number of nitrogens with zero attached hydrogens (tertiary/aromatic N) is 1. The third-order valence-corrected chi connectivity index (χ3v) is 5.67. The lowest BCUT2D eigenvalue weighted by molar-refractivity contribution is 0.0988. The molecule has 27 heavy (non-hydrogen) atoms. The molecule has 3 aromatic carbocycles. The van der Waals surface area contributed by atoms with Crippen LogP contribution in [-0.4, -0.2) is 18.9 Å². The lowest BCUT2D eigenvalue weighted by Crippen LogP contribution is -2.26. The standard InChI is InChI=1S/C21H15ClN2O2S/c1-24-17-10-9-15(23-20(25)13-5-4-6-14(22)11-13)12-19(17)27-18-8-3-2-7-16(18)21(24)26/h2-12H,1H3,(H,23,25). The third-order valence-electron chi connectivity index (χ3n) is 4.31. The normalized spacial score (nSPS) is 12.8. The number of halogens is 1. The molecule has 0 fully saturated rings. The number of amides is 2. The molecule has 0 bridgehead atoms. The van der Waals surface area contributed by atoms with Crippen LogP contribution in [0.4, 0.5) is 11.4 Å². The summed E-state index contributed by atoms with van der Waals surface area (Å²) < 4.78 is 0. The van der Waals surface area contributed by atoms with Crippen LogP contribution >= 0.6 is 23.4 Å². The Morgan fingerprint density at radius 1 is 1.00 bits per heavy atom. The van der Waals surface area contributed by atoms with E-state index in [0.29, 0.717) is 21.8 Å². The highest BCUT2D eigenvalue weighted by Crippen LogP contribution is 2.42. The number of fused-ring (bicyclic) bond motifs is 2. The van der Waals surface area contributed by atoms with Gasteiger partial charge < -0.3 is 10.2 Å². The minimum atomic E-state index is -0.235. The summed E-state index contributed by atoms with van der Waals surface area (Å²) in [5.74, 6) is -0.284. The van der Waals surface area contributed by atoms with Gasteiger partial charge in [0.05, 0.1) is 11.3 Å². The second kappa shape index (κ2) is 7.10. The van der Waals surface area contributed by atoms with Gasteiger partial charge in [0.2, 0.25) is 0 Å². The second-order valence-corrected chi connectivity index (χ2v) is 7.63. The van der Waals surface area contributed by atoms with E-state index in [1.807, 2.05) is 36.4 Å². The van der Waals surface area contributed by atoms with Crippen LogP contribution in [0, 0.1) is 0 Å². The maximum atomic E-state index is 12.7. The Balaban J connectivity index is 1.67. The van der Waals surface area contributed by atoms with Crippen molar-refractivity contribution in [1.29, 1.82) is 0 Å². The first kappa shape index (κ1) is 17.6. The van der Waals surface area contributed by atoms with Crippen molar-refractivity contribution in [2.24, 2.45) is 0 Å². The van der Waals surface area contributed by atoms with Crippen molar-refractivity contribution in [2.75, 3.05) is 17.3 Å². The van der Waals surface area contributed by atoms with Gasteiger partial charge in [-0.25, -0.2) is 0 Å². The summed E-state index contributed by atoms with van der Waals surface area (Å²) in [6, 6.07) is 19.8. The van der Waals surface area contributed by atoms with E-state index in [-0.39, 0.29) is 11.8 Å². The van der Waals surface area contributed by atoms with E-state index in [2.05, 4.69) is 5.32 Å². The molecule has 1 N–H and O–H groups in total. The van der Waals surface area contributed by atoms with Crippen LogP contribution in [0.5, 0.6) is 0 Å². The SMILES string of the molecule is CN1C(=O)c2ccccc2Sc2cc(NC(=O)c3cccc(Cl)c3)ccc21. The first-order valence-corrected chi connectivity index (χ1v) is 9.48. The maximum Gasteiger partial charge on any atom is 0.259 e. The van der Waals surface area contributed by atoms with Crippen molar-refractivity contribution in [2.45, 2.75) is 9.79 Å². The van der Waals surface area contributed by atoms with Crippen LogP contribution in [0.3, 0.4) is 0 Å². The first-order chi connectivity index (χ1) is 13.0. The Bertz CT molecular complexity index is 1070. The summed E-state index contributed by atoms with van der Waals surface area (Å²) >= 11 is 7.48. The van der Waals surface area contributed by atoms with Crippen LogP contribution in [-0.2, 0) is 0 Å². The van der Waals surface area contributed by atoms with E-state index in [9.17, 15) is 9.59 Å². The van der Waals surface area contributed by atoms with Gasteiger partial charge in [-0.2, -0.15) is 0 Å². The molecule has 6 heteroatoms. The molecule has 1 aliphatic heterocycles. The van der Waals surface area contributed by atoms with Crippen LogP contribution < -0.4 is 10.2 Å². The number of carbonyl (C=O) groups excluding carboxylic acids is 2. The van der Waals surface area contributed by atoms with Gasteiger partial charge in [0.15, 0.2) is 0 Å². The van der Waals surface area contributed by atoms with Gasteiger partial charge in [-0.15, -0.1) is 0 Å². The predicted octanol–water partition coefficient (Wildman–Crippen LogP) is 5.33. The molecule has 2 amide bonds. The molecule has 1 aliphatic rings. The highest BCUT2D eigenvalue weighted by molar-refractivity contribution is 7.99. The Hall–Kier alpha value is -2.76. The Morgan fingerprint density at radius 2 is 1.81 bits per heavy atom. The molecule has 0 aromatic heterocycles. The summed E-state index contributed by atoms with van der Waals surface area (Å²) in [4.78, 5) is 28.6. The van der Waals surface area contributed by atoms with Crippen molar-refractivity contribution in [1.82, 2.24) is 0 Å². The fourth-order valence-electron chi connectivity index (χ4n) is 2.92. The van der Waals surface area contributed by atoms with Crippen LogP contribution in [0.25, 0.3) is 0 Å². The van der Waals surface area contributed by atoms with Crippen molar-refractivity contribution in [3.05, 3.63) is 82.9 Å². The zero-order valence-corrected chi connectivity index (χ0v) is 16.0. The quantitative estimate of drug-likeness (QED) is 0.638. The molecule has 1 heterocycles. The topological polar surface area (TPSA) is 49.4 Å². The van der Waals surface area contributed by atoms with Crippen molar-refractivity contribution in [3.8, 4) is 0 Å². The van der Waals surface area contributed by atoms with Crippen LogP contribution in [0.1, 0.15) is 20.7 Å². The summed E-state index contributed by atoms with van der Waals surface area (Å²) in [5.41, 5.74) is 2.63. The average molecular weight is 395 g/mol. The van der Waals surface area contributed by atoms with Crippen molar-refractivity contribution in [3.63, 3.8) is 0 Å². The van der Waals surface area contributed by atoms with Crippen LogP contribution in [0.2, 0.25) is 5.02 Å². The van der Waals surface area contributed by atoms with Gasteiger partial charge in [-0.3, -0.25) is 9.59 Å². The highest BCUT2D eigenvalue weighted by atomic mass is 35.5. The number of hydrogen-bond acceptors (Lipinski definition) is 3. The van der Waals surface area contributed by atoms with Crippen molar-refractivity contribution >= 4 is 46.6 Å². The van der Waals surface area contributed by atoms with Gasteiger partial charge >= 0.3 is 0 Å². The van der Waals surface area contributed by atoms with E-state index in [1.54, 1.807) is 42.3 Å². The number of carbonyl (C=O) groups is 2. The monoisotopic (exact) mass is 394 g/mol. The molecule has 0 saturated heterocycles. The van der Waals surface area contributed by atoms with Crippen molar-refractivity contribution < 1.29 is 9.59 Å². The zero-order valence-electron chi connectivity index (χ0n) is 14.4. The van der Waals surface area contributed by atoms with Gasteiger partial charge in [-0.05, 0) is 48.5 Å². The summed E-state index contributed by atoms with van der Waals surface area (Å²) in [6.45, 7) is 0. The summed E-state index contributed by atoms with van der Waals surface area (Å²) in [6.07, 6.45) is 0. The van der Waals surface area contributed by atoms with E-state index in [0.717, 1.165) is 15.5 Å². The first-order valence-electron chi connectivity index (χ1n) is 8.29. The number of rotatable bonds is 2. The lowest BCUT2D eigenvalue weighted by Gasteiger charge is -2.18. The molecule has 0 saturated carbocycles. The molecule has 4 rings (SSSR count). The molecular weight excluding hydrogens is 380 g/mol. The van der Waals surface area contributed by atoms with E-state index in [4.69, 9.17) is 11.6 Å². The average Bonchev–Trinajstić information content (AvgIpc) is 2.77. The Morgan fingerprint density at radius 3 is 2.63 bits per heavy atom. The molecule has 0 unspecified atom stereocenters. The summed E-state index contributed by atoms with van der Waals surface area (Å²) in [7, 11) is 1.76. The van der Waals surface area contributed by atoms with E-state index >= 15 is 0 Å². The largest absolute Gasteiger partial charge is 0.322 e. The zero-order chi connectivity index (χ0) is 19.0. The molecule has 0 atom stereocenters. The number of hydrogen-bond donors (Lipinski definition) is 1. The number of benzene rings is 3.